The molecule has 0 saturated heterocycles. The van der Waals surface area contributed by atoms with Gasteiger partial charge in [0.05, 0.1) is 7.11 Å². The van der Waals surface area contributed by atoms with Crippen LogP contribution in [0, 0.1) is 13.8 Å². The van der Waals surface area contributed by atoms with E-state index in [1.807, 2.05) is 12.4 Å². The molecular formula is C22H31NO. The number of hydrogen-bond acceptors (Lipinski definition) is 2. The molecule has 1 heterocycles. The van der Waals surface area contributed by atoms with Crippen molar-refractivity contribution in [3.63, 3.8) is 0 Å². The molecule has 130 valence electrons. The van der Waals surface area contributed by atoms with Gasteiger partial charge in [-0.15, -0.1) is 0 Å². The molecule has 0 saturated carbocycles. The normalized spacial score (nSPS) is 12.4. The lowest BCUT2D eigenvalue weighted by Gasteiger charge is -2.30. The van der Waals surface area contributed by atoms with Crippen LogP contribution in [0.1, 0.15) is 63.8 Å². The van der Waals surface area contributed by atoms with Crippen LogP contribution in [-0.2, 0) is 10.8 Å². The summed E-state index contributed by atoms with van der Waals surface area (Å²) in [5.41, 5.74) is 7.48. The van der Waals surface area contributed by atoms with Gasteiger partial charge in [0.2, 0.25) is 0 Å². The van der Waals surface area contributed by atoms with Crippen LogP contribution in [0.2, 0.25) is 0 Å². The van der Waals surface area contributed by atoms with Crippen molar-refractivity contribution in [2.24, 2.45) is 0 Å². The predicted molar refractivity (Wildman–Crippen MR) is 103 cm³/mol. The van der Waals surface area contributed by atoms with Gasteiger partial charge in [0.1, 0.15) is 5.75 Å². The van der Waals surface area contributed by atoms with Gasteiger partial charge in [0.15, 0.2) is 0 Å². The van der Waals surface area contributed by atoms with Crippen molar-refractivity contribution in [2.45, 2.75) is 66.2 Å². The van der Waals surface area contributed by atoms with E-state index in [1.54, 1.807) is 7.11 Å². The molecule has 2 heteroatoms. The second-order valence-corrected chi connectivity index (χ2v) is 8.75. The molecule has 0 aliphatic heterocycles. The Labute approximate surface area is 147 Å². The molecule has 0 atom stereocenters. The summed E-state index contributed by atoms with van der Waals surface area (Å²) >= 11 is 0. The van der Waals surface area contributed by atoms with Crippen molar-refractivity contribution in [3.8, 4) is 16.9 Å². The number of rotatable bonds is 2. The molecular weight excluding hydrogens is 294 g/mol. The Kier molecular flexibility index (Phi) is 4.81. The summed E-state index contributed by atoms with van der Waals surface area (Å²) in [6.07, 6.45) is 3.89. The molecule has 2 nitrogen and oxygen atoms in total. The summed E-state index contributed by atoms with van der Waals surface area (Å²) in [7, 11) is 1.78. The number of nitrogens with zero attached hydrogens (tertiary/aromatic N) is 1. The summed E-state index contributed by atoms with van der Waals surface area (Å²) in [5.74, 6) is 1.02. The molecule has 1 aromatic heterocycles. The Morgan fingerprint density at radius 2 is 1.21 bits per heavy atom. The predicted octanol–water partition coefficient (Wildman–Crippen LogP) is 5.97. The van der Waals surface area contributed by atoms with Crippen LogP contribution in [0.25, 0.3) is 11.1 Å². The van der Waals surface area contributed by atoms with Gasteiger partial charge in [0.25, 0.3) is 0 Å². The third-order valence-electron chi connectivity index (χ3n) is 4.52. The fraction of sp³-hybridized carbons (Fsp3) is 0.500. The Bertz CT molecular complexity index is 690. The van der Waals surface area contributed by atoms with Crippen molar-refractivity contribution in [1.82, 2.24) is 4.98 Å². The molecule has 0 spiro atoms. The highest BCUT2D eigenvalue weighted by molar-refractivity contribution is 5.74. The zero-order valence-electron chi connectivity index (χ0n) is 16.7. The van der Waals surface area contributed by atoms with Gasteiger partial charge in [-0.05, 0) is 59.1 Å². The van der Waals surface area contributed by atoms with Crippen molar-refractivity contribution in [1.29, 1.82) is 0 Å². The molecule has 0 unspecified atom stereocenters. The summed E-state index contributed by atoms with van der Waals surface area (Å²) in [4.78, 5) is 4.32. The van der Waals surface area contributed by atoms with Gasteiger partial charge >= 0.3 is 0 Å². The van der Waals surface area contributed by atoms with E-state index >= 15 is 0 Å². The van der Waals surface area contributed by atoms with Crippen molar-refractivity contribution in [2.75, 3.05) is 7.11 Å². The Balaban J connectivity index is 2.90. The molecule has 0 aliphatic rings. The lowest BCUT2D eigenvalue weighted by molar-refractivity contribution is 0.381. The van der Waals surface area contributed by atoms with Gasteiger partial charge in [-0.3, -0.25) is 4.98 Å². The highest BCUT2D eigenvalue weighted by atomic mass is 16.5. The molecule has 0 radical (unpaired) electrons. The van der Waals surface area contributed by atoms with Gasteiger partial charge in [-0.1, -0.05) is 41.5 Å². The van der Waals surface area contributed by atoms with Crippen LogP contribution in [0.15, 0.2) is 24.5 Å². The third-order valence-corrected chi connectivity index (χ3v) is 4.52. The summed E-state index contributed by atoms with van der Waals surface area (Å²) in [6, 6.07) is 4.59. The van der Waals surface area contributed by atoms with Crippen LogP contribution < -0.4 is 4.74 Å². The number of aromatic nitrogens is 1. The van der Waals surface area contributed by atoms with E-state index in [1.165, 1.54) is 33.4 Å². The minimum absolute atomic E-state index is 0.0101. The monoisotopic (exact) mass is 325 g/mol. The van der Waals surface area contributed by atoms with Gasteiger partial charge in [-0.2, -0.15) is 0 Å². The number of benzene rings is 1. The lowest BCUT2D eigenvalue weighted by Crippen LogP contribution is -2.19. The number of hydrogen-bond donors (Lipinski definition) is 0. The Morgan fingerprint density at radius 3 is 1.54 bits per heavy atom. The number of aryl methyl sites for hydroxylation is 2. The van der Waals surface area contributed by atoms with Crippen LogP contribution in [0.4, 0.5) is 0 Å². The first kappa shape index (κ1) is 18.5. The molecule has 2 aromatic rings. The van der Waals surface area contributed by atoms with E-state index in [-0.39, 0.29) is 10.8 Å². The smallest absolute Gasteiger partial charge is 0.126 e. The maximum Gasteiger partial charge on any atom is 0.126 e. The maximum absolute atomic E-state index is 5.87. The lowest BCUT2D eigenvalue weighted by atomic mass is 9.77. The minimum atomic E-state index is 0.0101. The van der Waals surface area contributed by atoms with E-state index in [0.717, 1.165) is 5.75 Å². The fourth-order valence-electron chi connectivity index (χ4n) is 3.26. The fourth-order valence-corrected chi connectivity index (χ4v) is 3.26. The average molecular weight is 325 g/mol. The summed E-state index contributed by atoms with van der Waals surface area (Å²) in [5, 5.41) is 0. The largest absolute Gasteiger partial charge is 0.496 e. The second kappa shape index (κ2) is 6.23. The maximum atomic E-state index is 5.87. The first-order valence-electron chi connectivity index (χ1n) is 8.61. The van der Waals surface area contributed by atoms with Gasteiger partial charge in [-0.25, -0.2) is 0 Å². The first-order valence-corrected chi connectivity index (χ1v) is 8.61. The molecule has 1 aromatic carbocycles. The number of ether oxygens (including phenoxy) is 1. The van der Waals surface area contributed by atoms with Crippen LogP contribution >= 0.6 is 0 Å². The molecule has 0 bridgehead atoms. The molecule has 0 fully saturated rings. The quantitative estimate of drug-likeness (QED) is 0.678. The highest BCUT2D eigenvalue weighted by Crippen LogP contribution is 2.43. The standard InChI is InChI=1S/C22H31NO/c1-14-12-23-13-15(2)19(14)16-10-17(21(3,4)5)20(24-9)18(11-16)22(6,7)8/h10-13H,1-9H3. The second-order valence-electron chi connectivity index (χ2n) is 8.75. The minimum Gasteiger partial charge on any atom is -0.496 e. The van der Waals surface area contributed by atoms with Crippen molar-refractivity contribution >= 4 is 0 Å². The highest BCUT2D eigenvalue weighted by Gasteiger charge is 2.28. The SMILES string of the molecule is COc1c(C(C)(C)C)cc(-c2c(C)cncc2C)cc1C(C)(C)C. The topological polar surface area (TPSA) is 22.1 Å². The summed E-state index contributed by atoms with van der Waals surface area (Å²) in [6.45, 7) is 17.7. The van der Waals surface area contributed by atoms with E-state index in [0.29, 0.717) is 0 Å². The van der Waals surface area contributed by atoms with E-state index in [4.69, 9.17) is 4.74 Å². The van der Waals surface area contributed by atoms with Gasteiger partial charge in [0, 0.05) is 23.5 Å². The van der Waals surface area contributed by atoms with Crippen LogP contribution in [0.5, 0.6) is 5.75 Å². The first-order chi connectivity index (χ1) is 11.0. The Morgan fingerprint density at radius 1 is 0.792 bits per heavy atom. The van der Waals surface area contributed by atoms with Crippen molar-refractivity contribution in [3.05, 3.63) is 46.8 Å². The Hall–Kier alpha value is -1.83. The number of pyridine rings is 1. The van der Waals surface area contributed by atoms with Crippen LogP contribution in [0.3, 0.4) is 0 Å². The number of methoxy groups -OCH3 is 1. The van der Waals surface area contributed by atoms with Gasteiger partial charge < -0.3 is 4.74 Å². The van der Waals surface area contributed by atoms with Crippen molar-refractivity contribution < 1.29 is 4.74 Å². The zero-order chi connectivity index (χ0) is 18.3. The molecule has 0 amide bonds. The molecule has 0 N–H and O–H groups in total. The molecule has 2 rings (SSSR count). The van der Waals surface area contributed by atoms with E-state index < -0.39 is 0 Å². The molecule has 0 aliphatic carbocycles. The summed E-state index contributed by atoms with van der Waals surface area (Å²) < 4.78 is 5.87. The average Bonchev–Trinajstić information content (AvgIpc) is 2.44. The van der Waals surface area contributed by atoms with Crippen LogP contribution in [-0.4, -0.2) is 12.1 Å². The third kappa shape index (κ3) is 3.48. The molecule has 24 heavy (non-hydrogen) atoms. The zero-order valence-corrected chi connectivity index (χ0v) is 16.7. The van der Waals surface area contributed by atoms with E-state index in [9.17, 15) is 0 Å². The van der Waals surface area contributed by atoms with E-state index in [2.05, 4.69) is 72.5 Å².